The average Bonchev–Trinajstić information content (AvgIpc) is 2.52. The van der Waals surface area contributed by atoms with E-state index in [-0.39, 0.29) is 5.82 Å². The van der Waals surface area contributed by atoms with Crippen LogP contribution in [0.4, 0.5) is 0 Å². The quantitative estimate of drug-likeness (QED) is 0.486. The maximum Gasteiger partial charge on any atom is 0.373 e. The Morgan fingerprint density at radius 1 is 1.25 bits per heavy atom. The van der Waals surface area contributed by atoms with Crippen LogP contribution in [0.3, 0.4) is 0 Å². The summed E-state index contributed by atoms with van der Waals surface area (Å²) in [5.74, 6) is -1.10. The van der Waals surface area contributed by atoms with E-state index < -0.39 is 5.97 Å². The molecule has 0 spiro atoms. The van der Waals surface area contributed by atoms with Crippen molar-refractivity contribution in [3.63, 3.8) is 0 Å². The second-order valence-electron chi connectivity index (χ2n) is 3.85. The number of thioether (sulfide) groups is 1. The van der Waals surface area contributed by atoms with Crippen LogP contribution < -0.4 is 0 Å². The first-order valence-corrected chi connectivity index (χ1v) is 6.62. The Bertz CT molecular complexity index is 421. The molecule has 0 aromatic carbocycles. The SMILES string of the molecule is CSc1nc(C(=O)O)nc2c1CCCCC2. The molecule has 5 heteroatoms. The third-order valence-corrected chi connectivity index (χ3v) is 3.50. The third kappa shape index (κ3) is 2.19. The molecule has 16 heavy (non-hydrogen) atoms. The highest BCUT2D eigenvalue weighted by molar-refractivity contribution is 7.98. The molecule has 86 valence electrons. The molecular formula is C11H14N2O2S. The molecule has 2 rings (SSSR count). The summed E-state index contributed by atoms with van der Waals surface area (Å²) < 4.78 is 0. The van der Waals surface area contributed by atoms with E-state index >= 15 is 0 Å². The van der Waals surface area contributed by atoms with Crippen LogP contribution in [0.2, 0.25) is 0 Å². The molecule has 0 fully saturated rings. The van der Waals surface area contributed by atoms with Crippen LogP contribution in [-0.4, -0.2) is 27.3 Å². The molecule has 0 aliphatic heterocycles. The largest absolute Gasteiger partial charge is 0.475 e. The van der Waals surface area contributed by atoms with Gasteiger partial charge in [0, 0.05) is 11.3 Å². The van der Waals surface area contributed by atoms with Gasteiger partial charge in [-0.1, -0.05) is 6.42 Å². The second-order valence-corrected chi connectivity index (χ2v) is 4.64. The summed E-state index contributed by atoms with van der Waals surface area (Å²) in [6, 6.07) is 0. The van der Waals surface area contributed by atoms with Gasteiger partial charge >= 0.3 is 5.97 Å². The highest BCUT2D eigenvalue weighted by Crippen LogP contribution is 2.26. The van der Waals surface area contributed by atoms with E-state index in [0.29, 0.717) is 0 Å². The van der Waals surface area contributed by atoms with Gasteiger partial charge in [0.25, 0.3) is 0 Å². The van der Waals surface area contributed by atoms with Gasteiger partial charge in [0.05, 0.1) is 0 Å². The highest BCUT2D eigenvalue weighted by Gasteiger charge is 2.18. The molecule has 1 heterocycles. The lowest BCUT2D eigenvalue weighted by atomic mass is 10.1. The number of carboxylic acids is 1. The molecule has 0 unspecified atom stereocenters. The van der Waals surface area contributed by atoms with E-state index in [1.807, 2.05) is 6.26 Å². The standard InChI is InChI=1S/C11H14N2O2S/c1-16-10-7-5-3-2-4-6-8(7)12-9(13-10)11(14)15/h2-6H2,1H3,(H,14,15). The first kappa shape index (κ1) is 11.4. The summed E-state index contributed by atoms with van der Waals surface area (Å²) in [6.45, 7) is 0. The van der Waals surface area contributed by atoms with E-state index in [1.54, 1.807) is 0 Å². The number of hydrogen-bond donors (Lipinski definition) is 1. The maximum atomic E-state index is 10.9. The summed E-state index contributed by atoms with van der Waals surface area (Å²) in [4.78, 5) is 19.2. The Morgan fingerprint density at radius 2 is 2.00 bits per heavy atom. The molecule has 1 aliphatic rings. The van der Waals surface area contributed by atoms with Crippen molar-refractivity contribution in [2.24, 2.45) is 0 Å². The van der Waals surface area contributed by atoms with Crippen molar-refractivity contribution in [1.82, 2.24) is 9.97 Å². The van der Waals surface area contributed by atoms with Gasteiger partial charge in [0.2, 0.25) is 5.82 Å². The van der Waals surface area contributed by atoms with Crippen LogP contribution in [-0.2, 0) is 12.8 Å². The highest BCUT2D eigenvalue weighted by atomic mass is 32.2. The Hall–Kier alpha value is -1.10. The molecule has 1 aromatic heterocycles. The Morgan fingerprint density at radius 3 is 2.69 bits per heavy atom. The van der Waals surface area contributed by atoms with Gasteiger partial charge in [-0.15, -0.1) is 11.8 Å². The van der Waals surface area contributed by atoms with Gasteiger partial charge < -0.3 is 5.11 Å². The lowest BCUT2D eigenvalue weighted by Gasteiger charge is -2.09. The van der Waals surface area contributed by atoms with Crippen molar-refractivity contribution < 1.29 is 9.90 Å². The monoisotopic (exact) mass is 238 g/mol. The second kappa shape index (κ2) is 4.82. The number of rotatable bonds is 2. The molecule has 0 radical (unpaired) electrons. The van der Waals surface area contributed by atoms with Crippen molar-refractivity contribution >= 4 is 17.7 Å². The number of carboxylic acid groups (broad SMARTS) is 1. The van der Waals surface area contributed by atoms with E-state index in [2.05, 4.69) is 9.97 Å². The average molecular weight is 238 g/mol. The first-order valence-electron chi connectivity index (χ1n) is 5.39. The van der Waals surface area contributed by atoms with Crippen molar-refractivity contribution in [3.8, 4) is 0 Å². The molecule has 0 bridgehead atoms. The molecule has 0 saturated carbocycles. The fraction of sp³-hybridized carbons (Fsp3) is 0.545. The van der Waals surface area contributed by atoms with Gasteiger partial charge in [-0.05, 0) is 31.9 Å². The normalized spacial score (nSPS) is 15.3. The van der Waals surface area contributed by atoms with Crippen molar-refractivity contribution in [1.29, 1.82) is 0 Å². The number of aryl methyl sites for hydroxylation is 1. The van der Waals surface area contributed by atoms with Crippen molar-refractivity contribution in [3.05, 3.63) is 17.1 Å². The topological polar surface area (TPSA) is 63.1 Å². The van der Waals surface area contributed by atoms with Gasteiger partial charge in [0.15, 0.2) is 0 Å². The minimum Gasteiger partial charge on any atom is -0.475 e. The summed E-state index contributed by atoms with van der Waals surface area (Å²) in [7, 11) is 0. The maximum absolute atomic E-state index is 10.9. The predicted octanol–water partition coefficient (Wildman–Crippen LogP) is 2.17. The van der Waals surface area contributed by atoms with Crippen LogP contribution in [0.5, 0.6) is 0 Å². The Balaban J connectivity index is 2.50. The molecule has 4 nitrogen and oxygen atoms in total. The molecule has 1 N–H and O–H groups in total. The van der Waals surface area contributed by atoms with Crippen LogP contribution >= 0.6 is 11.8 Å². The van der Waals surface area contributed by atoms with Crippen LogP contribution in [0.25, 0.3) is 0 Å². The minimum absolute atomic E-state index is 0.0648. The lowest BCUT2D eigenvalue weighted by Crippen LogP contribution is -2.10. The molecule has 0 saturated heterocycles. The van der Waals surface area contributed by atoms with Gasteiger partial charge in [0.1, 0.15) is 5.03 Å². The van der Waals surface area contributed by atoms with Crippen molar-refractivity contribution in [2.75, 3.05) is 6.26 Å². The van der Waals surface area contributed by atoms with E-state index in [0.717, 1.165) is 42.0 Å². The number of fused-ring (bicyclic) bond motifs is 1. The fourth-order valence-corrected chi connectivity index (χ4v) is 2.64. The van der Waals surface area contributed by atoms with Crippen LogP contribution in [0.15, 0.2) is 5.03 Å². The molecular weight excluding hydrogens is 224 g/mol. The molecule has 0 atom stereocenters. The van der Waals surface area contributed by atoms with E-state index in [9.17, 15) is 4.79 Å². The number of hydrogen-bond acceptors (Lipinski definition) is 4. The summed E-state index contributed by atoms with van der Waals surface area (Å²) >= 11 is 1.51. The predicted molar refractivity (Wildman–Crippen MR) is 62.0 cm³/mol. The zero-order chi connectivity index (χ0) is 11.5. The first-order chi connectivity index (χ1) is 7.72. The summed E-state index contributed by atoms with van der Waals surface area (Å²) in [5, 5.41) is 9.78. The third-order valence-electron chi connectivity index (χ3n) is 2.78. The summed E-state index contributed by atoms with van der Waals surface area (Å²) in [5.41, 5.74) is 2.10. The van der Waals surface area contributed by atoms with Crippen LogP contribution in [0, 0.1) is 0 Å². The zero-order valence-corrected chi connectivity index (χ0v) is 10.0. The van der Waals surface area contributed by atoms with E-state index in [1.165, 1.54) is 18.2 Å². The molecule has 1 aliphatic carbocycles. The number of carbonyl (C=O) groups is 1. The van der Waals surface area contributed by atoms with Gasteiger partial charge in [-0.3, -0.25) is 0 Å². The number of aromatic carboxylic acids is 1. The van der Waals surface area contributed by atoms with Crippen LogP contribution in [0.1, 0.15) is 41.1 Å². The molecule has 0 amide bonds. The van der Waals surface area contributed by atoms with Crippen molar-refractivity contribution in [2.45, 2.75) is 37.1 Å². The Kier molecular flexibility index (Phi) is 3.43. The number of nitrogens with zero attached hydrogens (tertiary/aromatic N) is 2. The summed E-state index contributed by atoms with van der Waals surface area (Å²) in [6.07, 6.45) is 7.22. The number of aromatic nitrogens is 2. The minimum atomic E-state index is -1.04. The molecule has 1 aromatic rings. The fourth-order valence-electron chi connectivity index (χ4n) is 2.00. The lowest BCUT2D eigenvalue weighted by molar-refractivity contribution is 0.0682. The van der Waals surface area contributed by atoms with E-state index in [4.69, 9.17) is 5.11 Å². The van der Waals surface area contributed by atoms with Gasteiger partial charge in [-0.25, -0.2) is 14.8 Å². The zero-order valence-electron chi connectivity index (χ0n) is 9.19. The smallest absolute Gasteiger partial charge is 0.373 e. The van der Waals surface area contributed by atoms with Gasteiger partial charge in [-0.2, -0.15) is 0 Å². The Labute approximate surface area is 98.5 Å².